The molecule has 4 aliphatic rings. The minimum Gasteiger partial charge on any atom is -0.480 e. The van der Waals surface area contributed by atoms with E-state index in [0.717, 1.165) is 19.3 Å². The summed E-state index contributed by atoms with van der Waals surface area (Å²) in [6, 6.07) is -0.985. The molecule has 4 saturated carbocycles. The summed E-state index contributed by atoms with van der Waals surface area (Å²) in [6.45, 7) is 5.46. The summed E-state index contributed by atoms with van der Waals surface area (Å²) in [4.78, 5) is 25.3. The SMILES string of the molecule is CC(C)(C)[C@@H](C(=O)O)N(C(=O)O)C12CC3CC(CC(C3)C1)C2. The van der Waals surface area contributed by atoms with Gasteiger partial charge in [-0.15, -0.1) is 0 Å². The van der Waals surface area contributed by atoms with Crippen molar-refractivity contribution in [3.8, 4) is 0 Å². The standard InChI is InChI=1S/C17H27NO4/c1-16(2,3)13(14(19)20)18(15(21)22)17-7-10-4-11(8-17)6-12(5-10)9-17/h10-13H,4-9H2,1-3H3,(H,19,20)(H,21,22)/t10?,11?,12?,13-,17?/m1/s1. The van der Waals surface area contributed by atoms with E-state index in [1.54, 1.807) is 0 Å². The van der Waals surface area contributed by atoms with Crippen molar-refractivity contribution < 1.29 is 19.8 Å². The summed E-state index contributed by atoms with van der Waals surface area (Å²) in [5, 5.41) is 19.6. The summed E-state index contributed by atoms with van der Waals surface area (Å²) in [6.07, 6.45) is 5.12. The van der Waals surface area contributed by atoms with Crippen molar-refractivity contribution in [3.63, 3.8) is 0 Å². The lowest BCUT2D eigenvalue weighted by Gasteiger charge is -2.61. The van der Waals surface area contributed by atoms with Crippen molar-refractivity contribution >= 4 is 12.1 Å². The highest BCUT2D eigenvalue weighted by atomic mass is 16.4. The van der Waals surface area contributed by atoms with Crippen molar-refractivity contribution in [2.45, 2.75) is 70.9 Å². The van der Waals surface area contributed by atoms with Crippen molar-refractivity contribution in [2.24, 2.45) is 23.2 Å². The van der Waals surface area contributed by atoms with Crippen LogP contribution in [0.25, 0.3) is 0 Å². The Labute approximate surface area is 131 Å². The molecule has 2 N–H and O–H groups in total. The minimum absolute atomic E-state index is 0.448. The van der Waals surface area contributed by atoms with Crippen LogP contribution in [-0.2, 0) is 4.79 Å². The van der Waals surface area contributed by atoms with Gasteiger partial charge in [-0.3, -0.25) is 4.90 Å². The largest absolute Gasteiger partial charge is 0.480 e. The molecule has 0 spiro atoms. The van der Waals surface area contributed by atoms with Crippen LogP contribution in [-0.4, -0.2) is 38.8 Å². The van der Waals surface area contributed by atoms with Gasteiger partial charge in [0.25, 0.3) is 0 Å². The van der Waals surface area contributed by atoms with Crippen LogP contribution in [0.1, 0.15) is 59.3 Å². The highest BCUT2D eigenvalue weighted by Gasteiger charge is 2.58. The van der Waals surface area contributed by atoms with E-state index in [1.807, 2.05) is 20.8 Å². The average molecular weight is 309 g/mol. The smallest absolute Gasteiger partial charge is 0.408 e. The lowest BCUT2D eigenvalue weighted by atomic mass is 9.52. The number of rotatable bonds is 3. The molecule has 0 unspecified atom stereocenters. The molecule has 0 aromatic rings. The Bertz CT molecular complexity index is 458. The van der Waals surface area contributed by atoms with Gasteiger partial charge in [-0.25, -0.2) is 9.59 Å². The monoisotopic (exact) mass is 309 g/mol. The molecule has 0 aromatic carbocycles. The Morgan fingerprint density at radius 3 is 1.68 bits per heavy atom. The van der Waals surface area contributed by atoms with Crippen molar-refractivity contribution in [1.82, 2.24) is 4.90 Å². The summed E-state index contributed by atoms with van der Waals surface area (Å²) in [7, 11) is 0. The average Bonchev–Trinajstić information content (AvgIpc) is 2.31. The fourth-order valence-electron chi connectivity index (χ4n) is 5.82. The molecule has 5 heteroatoms. The molecule has 1 atom stereocenters. The third-order valence-corrected chi connectivity index (χ3v) is 6.04. The number of hydrogen-bond acceptors (Lipinski definition) is 2. The zero-order chi connectivity index (χ0) is 16.3. The molecule has 0 aliphatic heterocycles. The number of aliphatic carboxylic acids is 1. The van der Waals surface area contributed by atoms with Crippen molar-refractivity contribution in [3.05, 3.63) is 0 Å². The van der Waals surface area contributed by atoms with Crippen molar-refractivity contribution in [2.75, 3.05) is 0 Å². The zero-order valence-electron chi connectivity index (χ0n) is 13.7. The Morgan fingerprint density at radius 2 is 1.41 bits per heavy atom. The van der Waals surface area contributed by atoms with Crippen LogP contribution in [0.4, 0.5) is 4.79 Å². The minimum atomic E-state index is -1.07. The van der Waals surface area contributed by atoms with E-state index in [9.17, 15) is 19.8 Å². The van der Waals surface area contributed by atoms with Crippen LogP contribution < -0.4 is 0 Å². The molecule has 0 heterocycles. The first kappa shape index (κ1) is 15.6. The first-order valence-corrected chi connectivity index (χ1v) is 8.37. The molecule has 22 heavy (non-hydrogen) atoms. The topological polar surface area (TPSA) is 77.8 Å². The van der Waals surface area contributed by atoms with E-state index in [1.165, 1.54) is 24.2 Å². The first-order chi connectivity index (χ1) is 10.1. The third-order valence-electron chi connectivity index (χ3n) is 6.04. The number of nitrogens with zero attached hydrogens (tertiary/aromatic N) is 1. The van der Waals surface area contributed by atoms with Gasteiger partial charge in [-0.05, 0) is 61.7 Å². The first-order valence-electron chi connectivity index (χ1n) is 8.37. The van der Waals surface area contributed by atoms with Gasteiger partial charge in [0.2, 0.25) is 0 Å². The second-order valence-electron chi connectivity index (χ2n) is 8.90. The fourth-order valence-corrected chi connectivity index (χ4v) is 5.82. The molecule has 4 fully saturated rings. The quantitative estimate of drug-likeness (QED) is 0.837. The molecule has 5 nitrogen and oxygen atoms in total. The van der Waals surface area contributed by atoms with Crippen LogP contribution in [0.3, 0.4) is 0 Å². The Balaban J connectivity index is 2.01. The van der Waals surface area contributed by atoms with E-state index in [0.29, 0.717) is 17.8 Å². The molecule has 4 bridgehead atoms. The summed E-state index contributed by atoms with van der Waals surface area (Å²) in [5.41, 5.74) is -1.07. The van der Waals surface area contributed by atoms with E-state index in [2.05, 4.69) is 0 Å². The van der Waals surface area contributed by atoms with Gasteiger partial charge in [0.15, 0.2) is 0 Å². The fraction of sp³-hybridized carbons (Fsp3) is 0.882. The van der Waals surface area contributed by atoms with Crippen LogP contribution >= 0.6 is 0 Å². The predicted octanol–water partition coefficient (Wildman–Crippen LogP) is 3.43. The Morgan fingerprint density at radius 1 is 1.00 bits per heavy atom. The normalized spacial score (nSPS) is 37.9. The molecule has 4 aliphatic carbocycles. The zero-order valence-corrected chi connectivity index (χ0v) is 13.7. The van der Waals surface area contributed by atoms with E-state index in [-0.39, 0.29) is 0 Å². The predicted molar refractivity (Wildman–Crippen MR) is 81.6 cm³/mol. The highest BCUT2D eigenvalue weighted by Crippen LogP contribution is 2.58. The maximum atomic E-state index is 12.1. The van der Waals surface area contributed by atoms with Gasteiger partial charge < -0.3 is 10.2 Å². The maximum Gasteiger partial charge on any atom is 0.408 e. The Hall–Kier alpha value is -1.26. The lowest BCUT2D eigenvalue weighted by Crippen LogP contribution is -2.67. The number of amides is 1. The van der Waals surface area contributed by atoms with Crippen LogP contribution in [0, 0.1) is 23.2 Å². The number of carboxylic acid groups (broad SMARTS) is 2. The second kappa shape index (κ2) is 4.87. The maximum absolute atomic E-state index is 12.1. The number of hydrogen-bond donors (Lipinski definition) is 2. The number of carbonyl (C=O) groups is 2. The molecule has 0 saturated heterocycles. The van der Waals surface area contributed by atoms with Gasteiger partial charge in [-0.1, -0.05) is 20.8 Å². The third kappa shape index (κ3) is 2.38. The lowest BCUT2D eigenvalue weighted by molar-refractivity contribution is -0.158. The molecular weight excluding hydrogens is 282 g/mol. The molecule has 4 rings (SSSR count). The Kier molecular flexibility index (Phi) is 3.46. The van der Waals surface area contributed by atoms with Crippen LogP contribution in [0.2, 0.25) is 0 Å². The van der Waals surface area contributed by atoms with Gasteiger partial charge in [0.05, 0.1) is 0 Å². The van der Waals surface area contributed by atoms with E-state index >= 15 is 0 Å². The van der Waals surface area contributed by atoms with Crippen molar-refractivity contribution in [1.29, 1.82) is 0 Å². The molecule has 0 aromatic heterocycles. The van der Waals surface area contributed by atoms with Gasteiger partial charge >= 0.3 is 12.1 Å². The molecule has 0 radical (unpaired) electrons. The summed E-state index contributed by atoms with van der Waals surface area (Å²) in [5.74, 6) is 0.734. The van der Waals surface area contributed by atoms with Crippen LogP contribution in [0.15, 0.2) is 0 Å². The molecular formula is C17H27NO4. The summed E-state index contributed by atoms with van der Waals surface area (Å²) >= 11 is 0. The van der Waals surface area contributed by atoms with Gasteiger partial charge in [0, 0.05) is 5.54 Å². The number of carboxylic acids is 1. The van der Waals surface area contributed by atoms with E-state index < -0.39 is 29.1 Å². The molecule has 1 amide bonds. The highest BCUT2D eigenvalue weighted by molar-refractivity contribution is 5.81. The molecule has 124 valence electrons. The van der Waals surface area contributed by atoms with Gasteiger partial charge in [-0.2, -0.15) is 0 Å². The van der Waals surface area contributed by atoms with Crippen LogP contribution in [0.5, 0.6) is 0 Å². The van der Waals surface area contributed by atoms with Gasteiger partial charge in [0.1, 0.15) is 6.04 Å². The van der Waals surface area contributed by atoms with E-state index in [4.69, 9.17) is 0 Å². The summed E-state index contributed by atoms with van der Waals surface area (Å²) < 4.78 is 0. The second-order valence-corrected chi connectivity index (χ2v) is 8.90.